The summed E-state index contributed by atoms with van der Waals surface area (Å²) in [5.41, 5.74) is -1.32. The van der Waals surface area contributed by atoms with E-state index in [2.05, 4.69) is 10.4 Å². The van der Waals surface area contributed by atoms with Gasteiger partial charge in [-0.15, -0.1) is 0 Å². The Morgan fingerprint density at radius 1 is 1.14 bits per heavy atom. The molecule has 5 nitrogen and oxygen atoms in total. The molecule has 3 rings (SSSR count). The highest BCUT2D eigenvalue weighted by Crippen LogP contribution is 2.28. The van der Waals surface area contributed by atoms with E-state index in [1.807, 2.05) is 6.07 Å². The zero-order valence-electron chi connectivity index (χ0n) is 14.4. The Morgan fingerprint density at radius 3 is 2.39 bits per heavy atom. The standard InChI is InChI=1S/C19H12F4N4O/c1-2-27-19(28)18(25-12-7-14(21)16(23)15(22)8-12)13(9-24)17(26-27)10-4-3-5-11(20)6-10/h3-8,25H,2H2,1H3. The van der Waals surface area contributed by atoms with Crippen LogP contribution in [0.25, 0.3) is 11.3 Å². The molecular formula is C19H12F4N4O. The van der Waals surface area contributed by atoms with E-state index in [0.717, 1.165) is 10.7 Å². The molecule has 1 aromatic heterocycles. The summed E-state index contributed by atoms with van der Waals surface area (Å²) in [6.45, 7) is 1.74. The number of hydrogen-bond acceptors (Lipinski definition) is 4. The Hall–Kier alpha value is -3.67. The van der Waals surface area contributed by atoms with Crippen molar-refractivity contribution in [3.8, 4) is 17.3 Å². The van der Waals surface area contributed by atoms with Gasteiger partial charge in [-0.05, 0) is 19.1 Å². The lowest BCUT2D eigenvalue weighted by molar-refractivity contribution is 0.448. The number of benzene rings is 2. The van der Waals surface area contributed by atoms with Crippen LogP contribution in [-0.4, -0.2) is 9.78 Å². The van der Waals surface area contributed by atoms with Gasteiger partial charge in [0.2, 0.25) is 0 Å². The molecule has 0 radical (unpaired) electrons. The van der Waals surface area contributed by atoms with Crippen molar-refractivity contribution < 1.29 is 17.6 Å². The van der Waals surface area contributed by atoms with Crippen molar-refractivity contribution in [2.75, 3.05) is 5.32 Å². The normalized spacial score (nSPS) is 10.6. The quantitative estimate of drug-likeness (QED) is 0.540. The van der Waals surface area contributed by atoms with E-state index in [-0.39, 0.29) is 34.7 Å². The lowest BCUT2D eigenvalue weighted by Gasteiger charge is -2.14. The minimum atomic E-state index is -1.66. The first-order chi connectivity index (χ1) is 13.3. The molecule has 0 spiro atoms. The van der Waals surface area contributed by atoms with Crippen molar-refractivity contribution >= 4 is 11.4 Å². The van der Waals surface area contributed by atoms with Crippen LogP contribution in [0, 0.1) is 34.6 Å². The van der Waals surface area contributed by atoms with Gasteiger partial charge in [-0.25, -0.2) is 22.2 Å². The molecule has 2 aromatic carbocycles. The Bertz CT molecular complexity index is 1140. The molecule has 142 valence electrons. The van der Waals surface area contributed by atoms with Gasteiger partial charge >= 0.3 is 0 Å². The van der Waals surface area contributed by atoms with Gasteiger partial charge in [0.05, 0.1) is 0 Å². The Labute approximate surface area is 156 Å². The fourth-order valence-corrected chi connectivity index (χ4v) is 2.62. The van der Waals surface area contributed by atoms with Crippen LogP contribution in [0.15, 0.2) is 41.2 Å². The van der Waals surface area contributed by atoms with Crippen molar-refractivity contribution in [1.29, 1.82) is 5.26 Å². The predicted molar refractivity (Wildman–Crippen MR) is 93.9 cm³/mol. The van der Waals surface area contributed by atoms with Crippen LogP contribution in [0.3, 0.4) is 0 Å². The van der Waals surface area contributed by atoms with Crippen LogP contribution in [-0.2, 0) is 6.54 Å². The van der Waals surface area contributed by atoms with Crippen molar-refractivity contribution in [3.05, 3.63) is 75.6 Å². The first kappa shape index (κ1) is 19.1. The number of hydrogen-bond donors (Lipinski definition) is 1. The van der Waals surface area contributed by atoms with E-state index < -0.39 is 28.8 Å². The molecule has 1 heterocycles. The smallest absolute Gasteiger partial charge is 0.291 e. The minimum absolute atomic E-state index is 0.00834. The molecule has 0 saturated heterocycles. The van der Waals surface area contributed by atoms with Crippen molar-refractivity contribution in [2.45, 2.75) is 13.5 Å². The molecule has 0 bridgehead atoms. The van der Waals surface area contributed by atoms with Crippen LogP contribution >= 0.6 is 0 Å². The van der Waals surface area contributed by atoms with Gasteiger partial charge in [0.25, 0.3) is 5.56 Å². The largest absolute Gasteiger partial charge is 0.350 e. The van der Waals surface area contributed by atoms with E-state index in [4.69, 9.17) is 0 Å². The molecule has 0 fully saturated rings. The summed E-state index contributed by atoms with van der Waals surface area (Å²) < 4.78 is 54.8. The third kappa shape index (κ3) is 3.44. The van der Waals surface area contributed by atoms with Crippen LogP contribution in [0.1, 0.15) is 12.5 Å². The summed E-state index contributed by atoms with van der Waals surface area (Å²) in [6.07, 6.45) is 0. The highest BCUT2D eigenvalue weighted by Gasteiger charge is 2.20. The number of aromatic nitrogens is 2. The first-order valence-corrected chi connectivity index (χ1v) is 8.08. The average Bonchev–Trinajstić information content (AvgIpc) is 2.67. The van der Waals surface area contributed by atoms with Gasteiger partial charge in [0.15, 0.2) is 17.5 Å². The second kappa shape index (κ2) is 7.52. The van der Waals surface area contributed by atoms with Crippen LogP contribution in [0.5, 0.6) is 0 Å². The van der Waals surface area contributed by atoms with E-state index in [0.29, 0.717) is 12.1 Å². The van der Waals surface area contributed by atoms with Gasteiger partial charge in [0, 0.05) is 29.9 Å². The van der Waals surface area contributed by atoms with Crippen LogP contribution < -0.4 is 10.9 Å². The zero-order chi connectivity index (χ0) is 20.4. The summed E-state index contributed by atoms with van der Waals surface area (Å²) in [4.78, 5) is 12.6. The molecule has 0 atom stereocenters. The number of nitrogens with zero attached hydrogens (tertiary/aromatic N) is 3. The van der Waals surface area contributed by atoms with Crippen molar-refractivity contribution in [3.63, 3.8) is 0 Å². The molecule has 0 unspecified atom stereocenters. The van der Waals surface area contributed by atoms with E-state index in [1.54, 1.807) is 6.92 Å². The first-order valence-electron chi connectivity index (χ1n) is 8.08. The average molecular weight is 388 g/mol. The zero-order valence-corrected chi connectivity index (χ0v) is 14.4. The van der Waals surface area contributed by atoms with Gasteiger partial charge in [0.1, 0.15) is 28.8 Å². The van der Waals surface area contributed by atoms with E-state index in [1.165, 1.54) is 18.2 Å². The fraction of sp³-hybridized carbons (Fsp3) is 0.105. The van der Waals surface area contributed by atoms with E-state index >= 15 is 0 Å². The van der Waals surface area contributed by atoms with Gasteiger partial charge in [-0.2, -0.15) is 10.4 Å². The van der Waals surface area contributed by atoms with Gasteiger partial charge < -0.3 is 5.32 Å². The summed E-state index contributed by atoms with van der Waals surface area (Å²) in [5.74, 6) is -5.16. The number of anilines is 2. The Kier molecular flexibility index (Phi) is 5.13. The summed E-state index contributed by atoms with van der Waals surface area (Å²) in [5, 5.41) is 16.1. The molecule has 0 aliphatic rings. The molecule has 0 amide bonds. The molecule has 1 N–H and O–H groups in total. The highest BCUT2D eigenvalue weighted by atomic mass is 19.2. The fourth-order valence-electron chi connectivity index (χ4n) is 2.62. The number of halogens is 4. The number of aryl methyl sites for hydroxylation is 1. The molecule has 0 saturated carbocycles. The van der Waals surface area contributed by atoms with Crippen molar-refractivity contribution in [2.24, 2.45) is 0 Å². The monoisotopic (exact) mass is 388 g/mol. The van der Waals surface area contributed by atoms with Crippen molar-refractivity contribution in [1.82, 2.24) is 9.78 Å². The topological polar surface area (TPSA) is 70.7 Å². The maximum atomic E-state index is 13.6. The molecule has 28 heavy (non-hydrogen) atoms. The maximum absolute atomic E-state index is 13.6. The van der Waals surface area contributed by atoms with Crippen LogP contribution in [0.2, 0.25) is 0 Å². The SMILES string of the molecule is CCn1nc(-c2cccc(F)c2)c(C#N)c(Nc2cc(F)c(F)c(F)c2)c1=O. The Morgan fingerprint density at radius 2 is 1.82 bits per heavy atom. The lowest BCUT2D eigenvalue weighted by Crippen LogP contribution is -2.26. The summed E-state index contributed by atoms with van der Waals surface area (Å²) in [6, 6.07) is 8.36. The maximum Gasteiger partial charge on any atom is 0.291 e. The molecule has 0 aliphatic heterocycles. The molecule has 0 aliphatic carbocycles. The molecule has 3 aromatic rings. The van der Waals surface area contributed by atoms with Gasteiger partial charge in [-0.3, -0.25) is 4.79 Å². The number of rotatable bonds is 4. The highest BCUT2D eigenvalue weighted by molar-refractivity contribution is 5.76. The third-order valence-corrected chi connectivity index (χ3v) is 3.92. The van der Waals surface area contributed by atoms with E-state index in [9.17, 15) is 27.6 Å². The summed E-state index contributed by atoms with van der Waals surface area (Å²) >= 11 is 0. The second-order valence-electron chi connectivity index (χ2n) is 5.72. The van der Waals surface area contributed by atoms with Gasteiger partial charge in [-0.1, -0.05) is 12.1 Å². The summed E-state index contributed by atoms with van der Waals surface area (Å²) in [7, 11) is 0. The lowest BCUT2D eigenvalue weighted by atomic mass is 10.1. The predicted octanol–water partition coefficient (Wildman–Crippen LogP) is 4.10. The third-order valence-electron chi connectivity index (χ3n) is 3.92. The minimum Gasteiger partial charge on any atom is -0.350 e. The van der Waals surface area contributed by atoms with Crippen LogP contribution in [0.4, 0.5) is 28.9 Å². The second-order valence-corrected chi connectivity index (χ2v) is 5.72. The number of nitriles is 1. The Balaban J connectivity index is 2.24. The molecule has 9 heteroatoms. The molecular weight excluding hydrogens is 376 g/mol. The number of nitrogens with one attached hydrogen (secondary N) is 1.